The molecule has 0 aliphatic carbocycles. The summed E-state index contributed by atoms with van der Waals surface area (Å²) in [6, 6.07) is -0.406. The summed E-state index contributed by atoms with van der Waals surface area (Å²) in [5.41, 5.74) is 0. The third-order valence-electron chi connectivity index (χ3n) is 2.53. The largest absolute Gasteiger partial charge is 0.481 e. The van der Waals surface area contributed by atoms with Crippen molar-refractivity contribution in [1.82, 2.24) is 5.32 Å². The number of nitrogens with one attached hydrogen (secondary N) is 1. The molecule has 1 rings (SSSR count). The molecule has 0 radical (unpaired) electrons. The first-order valence-electron chi connectivity index (χ1n) is 5.39. The van der Waals surface area contributed by atoms with Gasteiger partial charge in [-0.3, -0.25) is 9.59 Å². The highest BCUT2D eigenvalue weighted by atomic mass is 32.2. The number of aliphatic carboxylic acids is 2. The van der Waals surface area contributed by atoms with Gasteiger partial charge in [0.1, 0.15) is 6.04 Å². The van der Waals surface area contributed by atoms with E-state index in [2.05, 4.69) is 5.32 Å². The van der Waals surface area contributed by atoms with Gasteiger partial charge in [-0.2, -0.15) is 11.8 Å². The topological polar surface area (TPSA) is 86.6 Å². The first kappa shape index (κ1) is 13.3. The maximum atomic E-state index is 10.7. The molecule has 6 heteroatoms. The van der Waals surface area contributed by atoms with E-state index in [-0.39, 0.29) is 6.42 Å². The Kier molecular flexibility index (Phi) is 5.62. The summed E-state index contributed by atoms with van der Waals surface area (Å²) in [7, 11) is 0. The third kappa shape index (κ3) is 4.85. The van der Waals surface area contributed by atoms with Gasteiger partial charge in [0.25, 0.3) is 0 Å². The smallest absolute Gasteiger partial charge is 0.320 e. The van der Waals surface area contributed by atoms with Gasteiger partial charge in [0, 0.05) is 18.2 Å². The number of carbonyl (C=O) groups is 2. The van der Waals surface area contributed by atoms with E-state index in [0.717, 1.165) is 18.7 Å². The van der Waals surface area contributed by atoms with Gasteiger partial charge < -0.3 is 15.5 Å². The number of hydrogen-bond acceptors (Lipinski definition) is 4. The van der Waals surface area contributed by atoms with E-state index < -0.39 is 18.0 Å². The highest BCUT2D eigenvalue weighted by Gasteiger charge is 2.28. The van der Waals surface area contributed by atoms with Gasteiger partial charge in [-0.05, 0) is 25.0 Å². The molecule has 3 N–H and O–H groups in total. The molecule has 5 nitrogen and oxygen atoms in total. The van der Waals surface area contributed by atoms with Gasteiger partial charge in [-0.25, -0.2) is 0 Å². The van der Waals surface area contributed by atoms with Crippen LogP contribution in [0.2, 0.25) is 0 Å². The van der Waals surface area contributed by atoms with E-state index in [1.165, 1.54) is 0 Å². The predicted octanol–water partition coefficient (Wildman–Crippen LogP) is 0.790. The van der Waals surface area contributed by atoms with Crippen LogP contribution in [0.4, 0.5) is 0 Å². The van der Waals surface area contributed by atoms with Crippen molar-refractivity contribution in [1.29, 1.82) is 0 Å². The number of rotatable bonds is 7. The standard InChI is InChI=1S/C10H17NO4S/c12-9(13)3-1-2-4-16-7-5-8(10(14)15)11-6-7/h7-8,11H,1-6H2,(H,12,13)(H,14,15)/t7-,8-/m0/s1. The molecule has 0 saturated carbocycles. The van der Waals surface area contributed by atoms with Crippen LogP contribution in [0, 0.1) is 0 Å². The van der Waals surface area contributed by atoms with Crippen LogP contribution in [0.1, 0.15) is 25.7 Å². The average molecular weight is 247 g/mol. The Morgan fingerprint density at radius 2 is 2.06 bits per heavy atom. The van der Waals surface area contributed by atoms with Gasteiger partial charge >= 0.3 is 11.9 Å². The van der Waals surface area contributed by atoms with Crippen LogP contribution < -0.4 is 5.32 Å². The molecule has 0 bridgehead atoms. The molecular formula is C10H17NO4S. The monoisotopic (exact) mass is 247 g/mol. The molecule has 0 spiro atoms. The molecule has 0 aromatic rings. The molecular weight excluding hydrogens is 230 g/mol. The Morgan fingerprint density at radius 1 is 1.31 bits per heavy atom. The fraction of sp³-hybridized carbons (Fsp3) is 0.800. The molecule has 1 aliphatic rings. The summed E-state index contributed by atoms with van der Waals surface area (Å²) >= 11 is 1.74. The fourth-order valence-corrected chi connectivity index (χ4v) is 2.89. The second kappa shape index (κ2) is 6.75. The number of thioether (sulfide) groups is 1. The fourth-order valence-electron chi connectivity index (χ4n) is 1.65. The Bertz CT molecular complexity index is 259. The maximum Gasteiger partial charge on any atom is 0.320 e. The second-order valence-electron chi connectivity index (χ2n) is 3.88. The van der Waals surface area contributed by atoms with Crippen molar-refractivity contribution >= 4 is 23.7 Å². The molecule has 1 fully saturated rings. The number of carboxylic acid groups (broad SMARTS) is 2. The van der Waals surface area contributed by atoms with Crippen molar-refractivity contribution in [3.63, 3.8) is 0 Å². The predicted molar refractivity (Wildman–Crippen MR) is 61.8 cm³/mol. The first-order chi connectivity index (χ1) is 7.59. The lowest BCUT2D eigenvalue weighted by molar-refractivity contribution is -0.139. The van der Waals surface area contributed by atoms with Crippen LogP contribution in [0.5, 0.6) is 0 Å². The average Bonchev–Trinajstić information content (AvgIpc) is 2.65. The Labute approximate surface area is 98.6 Å². The molecule has 1 aliphatic heterocycles. The van der Waals surface area contributed by atoms with E-state index in [9.17, 15) is 9.59 Å². The molecule has 1 heterocycles. The number of hydrogen-bond donors (Lipinski definition) is 3. The lowest BCUT2D eigenvalue weighted by Gasteiger charge is -2.07. The normalized spacial score (nSPS) is 24.5. The summed E-state index contributed by atoms with van der Waals surface area (Å²) in [6.45, 7) is 0.737. The van der Waals surface area contributed by atoms with Gasteiger partial charge in [-0.15, -0.1) is 0 Å². The van der Waals surface area contributed by atoms with Gasteiger partial charge in [0.05, 0.1) is 0 Å². The van der Waals surface area contributed by atoms with Crippen molar-refractivity contribution in [2.45, 2.75) is 37.0 Å². The van der Waals surface area contributed by atoms with E-state index in [1.807, 2.05) is 0 Å². The van der Waals surface area contributed by atoms with E-state index in [0.29, 0.717) is 18.1 Å². The van der Waals surface area contributed by atoms with Gasteiger partial charge in [0.15, 0.2) is 0 Å². The van der Waals surface area contributed by atoms with Crippen molar-refractivity contribution < 1.29 is 19.8 Å². The summed E-state index contributed by atoms with van der Waals surface area (Å²) in [5, 5.41) is 20.5. The lowest BCUT2D eigenvalue weighted by atomic mass is 10.2. The molecule has 2 atom stereocenters. The zero-order chi connectivity index (χ0) is 12.0. The van der Waals surface area contributed by atoms with Crippen LogP contribution in [-0.2, 0) is 9.59 Å². The van der Waals surface area contributed by atoms with E-state index >= 15 is 0 Å². The maximum absolute atomic E-state index is 10.7. The summed E-state index contributed by atoms with van der Waals surface area (Å²) < 4.78 is 0. The Morgan fingerprint density at radius 3 is 2.62 bits per heavy atom. The Balaban J connectivity index is 2.02. The first-order valence-corrected chi connectivity index (χ1v) is 6.44. The molecule has 16 heavy (non-hydrogen) atoms. The SMILES string of the molecule is O=C(O)CCCCS[C@@H]1CN[C@H](C(=O)O)C1. The Hall–Kier alpha value is -0.750. The molecule has 0 aromatic heterocycles. The van der Waals surface area contributed by atoms with Crippen LogP contribution in [0.15, 0.2) is 0 Å². The number of carboxylic acids is 2. The molecule has 0 amide bonds. The molecule has 0 unspecified atom stereocenters. The van der Waals surface area contributed by atoms with Crippen LogP contribution in [0.3, 0.4) is 0 Å². The van der Waals surface area contributed by atoms with Crippen LogP contribution >= 0.6 is 11.8 Å². The summed E-state index contributed by atoms with van der Waals surface area (Å²) in [6.07, 6.45) is 2.47. The zero-order valence-corrected chi connectivity index (χ0v) is 9.83. The highest BCUT2D eigenvalue weighted by molar-refractivity contribution is 7.99. The highest BCUT2D eigenvalue weighted by Crippen LogP contribution is 2.22. The van der Waals surface area contributed by atoms with Crippen LogP contribution in [-0.4, -0.2) is 45.7 Å². The zero-order valence-electron chi connectivity index (χ0n) is 9.02. The lowest BCUT2D eigenvalue weighted by Crippen LogP contribution is -2.29. The van der Waals surface area contributed by atoms with Crippen molar-refractivity contribution in [3.8, 4) is 0 Å². The van der Waals surface area contributed by atoms with Gasteiger partial charge in [-0.1, -0.05) is 0 Å². The molecule has 92 valence electrons. The van der Waals surface area contributed by atoms with E-state index in [4.69, 9.17) is 10.2 Å². The molecule has 0 aromatic carbocycles. The van der Waals surface area contributed by atoms with Gasteiger partial charge in [0.2, 0.25) is 0 Å². The second-order valence-corrected chi connectivity index (χ2v) is 5.29. The van der Waals surface area contributed by atoms with Crippen molar-refractivity contribution in [3.05, 3.63) is 0 Å². The molecule has 1 saturated heterocycles. The quantitative estimate of drug-likeness (QED) is 0.577. The summed E-state index contributed by atoms with van der Waals surface area (Å²) in [4.78, 5) is 20.9. The van der Waals surface area contributed by atoms with Crippen LogP contribution in [0.25, 0.3) is 0 Å². The minimum absolute atomic E-state index is 0.223. The third-order valence-corrected chi connectivity index (χ3v) is 3.88. The van der Waals surface area contributed by atoms with Crippen molar-refractivity contribution in [2.75, 3.05) is 12.3 Å². The minimum Gasteiger partial charge on any atom is -0.481 e. The number of unbranched alkanes of at least 4 members (excludes halogenated alkanes) is 1. The van der Waals surface area contributed by atoms with Crippen molar-refractivity contribution in [2.24, 2.45) is 0 Å². The minimum atomic E-state index is -0.783. The summed E-state index contributed by atoms with van der Waals surface area (Å²) in [5.74, 6) is -0.626. The van der Waals surface area contributed by atoms with E-state index in [1.54, 1.807) is 11.8 Å².